The fourth-order valence-electron chi connectivity index (χ4n) is 4.91. The number of hydrogen-bond acceptors (Lipinski definition) is 3. The first-order chi connectivity index (χ1) is 13.8. The van der Waals surface area contributed by atoms with Gasteiger partial charge in [0.25, 0.3) is 0 Å². The molecule has 0 spiro atoms. The summed E-state index contributed by atoms with van der Waals surface area (Å²) in [5.74, 6) is -2.12. The summed E-state index contributed by atoms with van der Waals surface area (Å²) >= 11 is 0. The van der Waals surface area contributed by atoms with Gasteiger partial charge in [0, 0.05) is 49.6 Å². The number of aliphatic hydroxyl groups is 1. The quantitative estimate of drug-likeness (QED) is 0.753. The lowest BCUT2D eigenvalue weighted by atomic mass is 9.77. The zero-order chi connectivity index (χ0) is 22.4. The topological polar surface area (TPSA) is 43.8 Å². The van der Waals surface area contributed by atoms with Crippen LogP contribution in [0.3, 0.4) is 0 Å². The molecule has 1 N–H and O–H groups in total. The van der Waals surface area contributed by atoms with Crippen molar-refractivity contribution in [1.29, 1.82) is 0 Å². The van der Waals surface area contributed by atoms with Gasteiger partial charge < -0.3 is 10.0 Å². The number of halogens is 2. The van der Waals surface area contributed by atoms with Gasteiger partial charge in [0.1, 0.15) is 11.6 Å². The van der Waals surface area contributed by atoms with Crippen molar-refractivity contribution in [1.82, 2.24) is 9.80 Å². The SMILES string of the molecule is C=C(C)[C@@]1(O)CCN(C(=O)C2CN(C(C)(C)C)C[C@H]2c2ccc(F)cc2F)CC1C. The van der Waals surface area contributed by atoms with Crippen LogP contribution < -0.4 is 0 Å². The van der Waals surface area contributed by atoms with Crippen molar-refractivity contribution in [3.8, 4) is 0 Å². The van der Waals surface area contributed by atoms with Crippen LogP contribution in [0.4, 0.5) is 8.78 Å². The van der Waals surface area contributed by atoms with Gasteiger partial charge in [0.05, 0.1) is 11.5 Å². The average molecular weight is 421 g/mol. The molecular weight excluding hydrogens is 386 g/mol. The van der Waals surface area contributed by atoms with Gasteiger partial charge in [-0.3, -0.25) is 9.69 Å². The molecule has 0 bridgehead atoms. The molecule has 2 heterocycles. The largest absolute Gasteiger partial charge is 0.385 e. The Balaban J connectivity index is 1.87. The lowest BCUT2D eigenvalue weighted by Crippen LogP contribution is -2.54. The lowest BCUT2D eigenvalue weighted by Gasteiger charge is -2.44. The van der Waals surface area contributed by atoms with Crippen LogP contribution in [0.1, 0.15) is 52.5 Å². The third-order valence-corrected chi connectivity index (χ3v) is 7.07. The minimum absolute atomic E-state index is 0.0221. The average Bonchev–Trinajstić information content (AvgIpc) is 3.08. The van der Waals surface area contributed by atoms with Gasteiger partial charge in [0.2, 0.25) is 5.91 Å². The molecule has 2 saturated heterocycles. The Hall–Kier alpha value is -1.79. The Bertz CT molecular complexity index is 835. The molecule has 2 aliphatic rings. The summed E-state index contributed by atoms with van der Waals surface area (Å²) in [7, 11) is 0. The molecule has 4 atom stereocenters. The minimum atomic E-state index is -0.966. The highest BCUT2D eigenvalue weighted by molar-refractivity contribution is 5.81. The number of rotatable bonds is 3. The van der Waals surface area contributed by atoms with Crippen molar-refractivity contribution >= 4 is 5.91 Å². The van der Waals surface area contributed by atoms with Gasteiger partial charge in [-0.15, -0.1) is 0 Å². The first kappa shape index (κ1) is 22.9. The van der Waals surface area contributed by atoms with E-state index in [9.17, 15) is 18.7 Å². The highest BCUT2D eigenvalue weighted by Crippen LogP contribution is 2.40. The first-order valence-corrected chi connectivity index (χ1v) is 10.7. The summed E-state index contributed by atoms with van der Waals surface area (Å²) in [6.07, 6.45) is 0.445. The van der Waals surface area contributed by atoms with Gasteiger partial charge in [-0.2, -0.15) is 0 Å². The standard InChI is InChI=1S/C24H34F2N2O2/c1-15(2)24(30)9-10-27(12-16(24)3)22(29)20-14-28(23(4,5)6)13-19(20)18-8-7-17(25)11-21(18)26/h7-8,11,16,19-20,30H,1,9-10,12-14H2,2-6H3/t16?,19-,20?,24-/m0/s1. The molecule has 0 radical (unpaired) electrons. The molecular formula is C24H34F2N2O2. The molecule has 0 aliphatic carbocycles. The molecule has 3 rings (SSSR count). The summed E-state index contributed by atoms with van der Waals surface area (Å²) < 4.78 is 28.1. The zero-order valence-electron chi connectivity index (χ0n) is 18.7. The van der Waals surface area contributed by atoms with Crippen LogP contribution in [0, 0.1) is 23.5 Å². The first-order valence-electron chi connectivity index (χ1n) is 10.7. The second kappa shape index (κ2) is 8.04. The number of likely N-dealkylation sites (tertiary alicyclic amines) is 2. The summed E-state index contributed by atoms with van der Waals surface area (Å²) in [5, 5.41) is 10.9. The highest BCUT2D eigenvalue weighted by atomic mass is 19.1. The summed E-state index contributed by atoms with van der Waals surface area (Å²) in [5.41, 5.74) is -0.0240. The fourth-order valence-corrected chi connectivity index (χ4v) is 4.91. The lowest BCUT2D eigenvalue weighted by molar-refractivity contribution is -0.141. The predicted octanol–water partition coefficient (Wildman–Crippen LogP) is 3.95. The molecule has 2 aliphatic heterocycles. The zero-order valence-corrected chi connectivity index (χ0v) is 18.7. The monoisotopic (exact) mass is 420 g/mol. The molecule has 2 fully saturated rings. The number of hydrogen-bond donors (Lipinski definition) is 1. The molecule has 2 unspecified atom stereocenters. The van der Waals surface area contributed by atoms with Crippen LogP contribution in [0.25, 0.3) is 0 Å². The Morgan fingerprint density at radius 2 is 1.90 bits per heavy atom. The van der Waals surface area contributed by atoms with E-state index in [-0.39, 0.29) is 23.3 Å². The Morgan fingerprint density at radius 3 is 2.43 bits per heavy atom. The van der Waals surface area contributed by atoms with E-state index in [4.69, 9.17) is 0 Å². The number of piperidine rings is 1. The van der Waals surface area contributed by atoms with Crippen LogP contribution in [0.15, 0.2) is 30.4 Å². The molecule has 166 valence electrons. The van der Waals surface area contributed by atoms with Crippen LogP contribution in [0.2, 0.25) is 0 Å². The molecule has 6 heteroatoms. The molecule has 30 heavy (non-hydrogen) atoms. The number of amides is 1. The second-order valence-corrected chi connectivity index (χ2v) is 10.1. The normalized spacial score (nSPS) is 30.5. The van der Waals surface area contributed by atoms with Crippen molar-refractivity contribution in [3.63, 3.8) is 0 Å². The van der Waals surface area contributed by atoms with Crippen molar-refractivity contribution in [2.24, 2.45) is 11.8 Å². The van der Waals surface area contributed by atoms with Crippen LogP contribution in [0.5, 0.6) is 0 Å². The fraction of sp³-hybridized carbons (Fsp3) is 0.625. The van der Waals surface area contributed by atoms with Crippen molar-refractivity contribution in [3.05, 3.63) is 47.5 Å². The number of carbonyl (C=O) groups excluding carboxylic acids is 1. The van der Waals surface area contributed by atoms with Crippen LogP contribution >= 0.6 is 0 Å². The number of benzene rings is 1. The highest BCUT2D eigenvalue weighted by Gasteiger charge is 2.47. The molecule has 1 amide bonds. The maximum Gasteiger partial charge on any atom is 0.227 e. The third-order valence-electron chi connectivity index (χ3n) is 7.07. The Kier molecular flexibility index (Phi) is 6.14. The van der Waals surface area contributed by atoms with E-state index >= 15 is 0 Å². The molecule has 0 saturated carbocycles. The van der Waals surface area contributed by atoms with Crippen LogP contribution in [-0.2, 0) is 4.79 Å². The van der Waals surface area contributed by atoms with E-state index in [2.05, 4.69) is 32.3 Å². The van der Waals surface area contributed by atoms with Gasteiger partial charge >= 0.3 is 0 Å². The van der Waals surface area contributed by atoms with E-state index in [1.165, 1.54) is 12.1 Å². The van der Waals surface area contributed by atoms with Crippen molar-refractivity contribution < 1.29 is 18.7 Å². The number of nitrogens with zero attached hydrogens (tertiary/aromatic N) is 2. The van der Waals surface area contributed by atoms with Gasteiger partial charge in [-0.1, -0.05) is 19.6 Å². The second-order valence-electron chi connectivity index (χ2n) is 10.1. The van der Waals surface area contributed by atoms with Gasteiger partial charge in [-0.25, -0.2) is 8.78 Å². The third kappa shape index (κ3) is 4.17. The van der Waals surface area contributed by atoms with Gasteiger partial charge in [-0.05, 0) is 51.3 Å². The Labute approximate surface area is 178 Å². The molecule has 1 aromatic rings. The van der Waals surface area contributed by atoms with Crippen molar-refractivity contribution in [2.45, 2.75) is 58.1 Å². The smallest absolute Gasteiger partial charge is 0.227 e. The predicted molar refractivity (Wildman–Crippen MR) is 114 cm³/mol. The van der Waals surface area contributed by atoms with E-state index in [1.807, 2.05) is 13.8 Å². The molecule has 1 aromatic carbocycles. The van der Waals surface area contributed by atoms with E-state index < -0.39 is 23.2 Å². The minimum Gasteiger partial charge on any atom is -0.385 e. The summed E-state index contributed by atoms with van der Waals surface area (Å²) in [6.45, 7) is 15.9. The Morgan fingerprint density at radius 1 is 1.23 bits per heavy atom. The van der Waals surface area contributed by atoms with E-state index in [1.54, 1.807) is 4.90 Å². The van der Waals surface area contributed by atoms with Gasteiger partial charge in [0.15, 0.2) is 0 Å². The van der Waals surface area contributed by atoms with E-state index in [0.29, 0.717) is 43.7 Å². The summed E-state index contributed by atoms with van der Waals surface area (Å²) in [6, 6.07) is 3.63. The summed E-state index contributed by atoms with van der Waals surface area (Å²) in [4.78, 5) is 17.6. The van der Waals surface area contributed by atoms with Crippen molar-refractivity contribution in [2.75, 3.05) is 26.2 Å². The molecule has 0 aromatic heterocycles. The van der Waals surface area contributed by atoms with Crippen LogP contribution in [-0.4, -0.2) is 58.1 Å². The maximum atomic E-state index is 14.6. The maximum absolute atomic E-state index is 14.6. The number of carbonyl (C=O) groups is 1. The molecule has 4 nitrogen and oxygen atoms in total. The van der Waals surface area contributed by atoms with E-state index in [0.717, 1.165) is 6.07 Å².